The maximum absolute atomic E-state index is 13.8. The molecule has 100 valence electrons. The van der Waals surface area contributed by atoms with Crippen LogP contribution in [0.15, 0.2) is 18.2 Å². The molecule has 18 heavy (non-hydrogen) atoms. The Hall–Kier alpha value is -0.600. The number of nitrogens with one attached hydrogen (secondary N) is 1. The summed E-state index contributed by atoms with van der Waals surface area (Å²) in [6.45, 7) is 4.18. The Kier molecular flexibility index (Phi) is 5.02. The molecule has 0 amide bonds. The van der Waals surface area contributed by atoms with Crippen molar-refractivity contribution in [3.63, 3.8) is 0 Å². The van der Waals surface area contributed by atoms with Crippen LogP contribution in [0.4, 0.5) is 4.39 Å². The van der Waals surface area contributed by atoms with Crippen LogP contribution in [0.2, 0.25) is 5.02 Å². The van der Waals surface area contributed by atoms with Crippen LogP contribution in [-0.4, -0.2) is 13.1 Å². The van der Waals surface area contributed by atoms with Crippen molar-refractivity contribution < 1.29 is 4.39 Å². The van der Waals surface area contributed by atoms with E-state index in [-0.39, 0.29) is 5.82 Å². The molecule has 1 aliphatic carbocycles. The lowest BCUT2D eigenvalue weighted by molar-refractivity contribution is 0.364. The summed E-state index contributed by atoms with van der Waals surface area (Å²) in [5.74, 6) is 1.08. The Morgan fingerprint density at radius 1 is 1.33 bits per heavy atom. The first-order valence-corrected chi connectivity index (χ1v) is 7.23. The van der Waals surface area contributed by atoms with Gasteiger partial charge in [0.2, 0.25) is 0 Å². The van der Waals surface area contributed by atoms with Gasteiger partial charge < -0.3 is 5.32 Å². The van der Waals surface area contributed by atoms with Crippen LogP contribution < -0.4 is 5.32 Å². The van der Waals surface area contributed by atoms with E-state index in [1.54, 1.807) is 12.1 Å². The molecular weight excluding hydrogens is 249 g/mol. The van der Waals surface area contributed by atoms with Crippen molar-refractivity contribution in [1.82, 2.24) is 5.32 Å². The highest BCUT2D eigenvalue weighted by Gasteiger charge is 2.28. The van der Waals surface area contributed by atoms with Gasteiger partial charge in [0.05, 0.1) is 0 Å². The van der Waals surface area contributed by atoms with E-state index in [4.69, 9.17) is 11.6 Å². The zero-order valence-corrected chi connectivity index (χ0v) is 11.6. The third-order valence-corrected chi connectivity index (χ3v) is 4.36. The Morgan fingerprint density at radius 3 is 2.83 bits per heavy atom. The van der Waals surface area contributed by atoms with Gasteiger partial charge in [0, 0.05) is 10.6 Å². The highest BCUT2D eigenvalue weighted by Crippen LogP contribution is 2.35. The van der Waals surface area contributed by atoms with Gasteiger partial charge in [-0.2, -0.15) is 0 Å². The zero-order valence-electron chi connectivity index (χ0n) is 10.9. The first kappa shape index (κ1) is 13.8. The highest BCUT2D eigenvalue weighted by molar-refractivity contribution is 6.31. The number of benzene rings is 1. The van der Waals surface area contributed by atoms with Gasteiger partial charge in [0.25, 0.3) is 0 Å². The van der Waals surface area contributed by atoms with Gasteiger partial charge in [-0.25, -0.2) is 4.39 Å². The fraction of sp³-hybridized carbons (Fsp3) is 0.600. The summed E-state index contributed by atoms with van der Waals surface area (Å²) in [5, 5.41) is 3.98. The monoisotopic (exact) mass is 269 g/mol. The number of rotatable bonds is 5. The summed E-state index contributed by atoms with van der Waals surface area (Å²) in [7, 11) is 0. The second kappa shape index (κ2) is 6.53. The topological polar surface area (TPSA) is 12.0 Å². The number of halogens is 2. The van der Waals surface area contributed by atoms with Gasteiger partial charge in [-0.1, -0.05) is 31.0 Å². The van der Waals surface area contributed by atoms with Crippen LogP contribution in [-0.2, 0) is 6.42 Å². The molecule has 1 aromatic rings. The third kappa shape index (κ3) is 3.24. The minimum Gasteiger partial charge on any atom is -0.317 e. The first-order chi connectivity index (χ1) is 8.72. The van der Waals surface area contributed by atoms with Crippen molar-refractivity contribution in [3.05, 3.63) is 34.6 Å². The SMILES string of the molecule is CCNCC1CCCC1Cc1c(F)cccc1Cl. The fourth-order valence-electron chi connectivity index (χ4n) is 2.97. The number of hydrogen-bond acceptors (Lipinski definition) is 1. The Bertz CT molecular complexity index is 374. The van der Waals surface area contributed by atoms with Crippen molar-refractivity contribution >= 4 is 11.6 Å². The molecule has 0 radical (unpaired) electrons. The van der Waals surface area contributed by atoms with Crippen LogP contribution >= 0.6 is 11.6 Å². The van der Waals surface area contributed by atoms with E-state index in [0.29, 0.717) is 22.4 Å². The van der Waals surface area contributed by atoms with Crippen molar-refractivity contribution in [2.75, 3.05) is 13.1 Å². The van der Waals surface area contributed by atoms with E-state index < -0.39 is 0 Å². The van der Waals surface area contributed by atoms with E-state index >= 15 is 0 Å². The Labute approximate surface area is 114 Å². The Balaban J connectivity index is 2.03. The molecule has 2 rings (SSSR count). The van der Waals surface area contributed by atoms with E-state index in [1.807, 2.05) is 0 Å². The molecule has 2 unspecified atom stereocenters. The summed E-state index contributed by atoms with van der Waals surface area (Å²) in [4.78, 5) is 0. The quantitative estimate of drug-likeness (QED) is 0.850. The average Bonchev–Trinajstić information content (AvgIpc) is 2.79. The lowest BCUT2D eigenvalue weighted by atomic mass is 9.89. The molecule has 1 nitrogen and oxygen atoms in total. The standard InChI is InChI=1S/C15H21ClFN/c1-2-18-10-12-6-3-5-11(12)9-13-14(16)7-4-8-15(13)17/h4,7-8,11-12,18H,2-3,5-6,9-10H2,1H3. The summed E-state index contributed by atoms with van der Waals surface area (Å²) in [5.41, 5.74) is 0.701. The highest BCUT2D eigenvalue weighted by atomic mass is 35.5. The lowest BCUT2D eigenvalue weighted by Gasteiger charge is -2.20. The molecule has 1 aliphatic rings. The molecule has 0 spiro atoms. The molecule has 1 N–H and O–H groups in total. The second-order valence-corrected chi connectivity index (χ2v) is 5.57. The average molecular weight is 270 g/mol. The normalized spacial score (nSPS) is 23.5. The summed E-state index contributed by atoms with van der Waals surface area (Å²) < 4.78 is 13.8. The maximum atomic E-state index is 13.8. The molecule has 1 aromatic carbocycles. The zero-order chi connectivity index (χ0) is 13.0. The van der Waals surface area contributed by atoms with E-state index in [0.717, 1.165) is 19.5 Å². The lowest BCUT2D eigenvalue weighted by Crippen LogP contribution is -2.26. The fourth-order valence-corrected chi connectivity index (χ4v) is 3.21. The third-order valence-electron chi connectivity index (χ3n) is 4.00. The molecule has 1 saturated carbocycles. The van der Waals surface area contributed by atoms with Crippen LogP contribution in [0.1, 0.15) is 31.7 Å². The molecule has 0 aromatic heterocycles. The molecule has 0 saturated heterocycles. The summed E-state index contributed by atoms with van der Waals surface area (Å²) >= 11 is 6.10. The number of hydrogen-bond donors (Lipinski definition) is 1. The summed E-state index contributed by atoms with van der Waals surface area (Å²) in [6.07, 6.45) is 4.48. The van der Waals surface area contributed by atoms with E-state index in [9.17, 15) is 4.39 Å². The van der Waals surface area contributed by atoms with Crippen LogP contribution in [0.25, 0.3) is 0 Å². The maximum Gasteiger partial charge on any atom is 0.127 e. The van der Waals surface area contributed by atoms with Crippen molar-refractivity contribution in [3.8, 4) is 0 Å². The molecule has 0 heterocycles. The molecule has 1 fully saturated rings. The van der Waals surface area contributed by atoms with Gasteiger partial charge in [-0.3, -0.25) is 0 Å². The van der Waals surface area contributed by atoms with Crippen LogP contribution in [0.5, 0.6) is 0 Å². The minimum atomic E-state index is -0.156. The Morgan fingerprint density at radius 2 is 2.11 bits per heavy atom. The predicted molar refractivity (Wildman–Crippen MR) is 74.5 cm³/mol. The van der Waals surface area contributed by atoms with Gasteiger partial charge in [-0.05, 0) is 56.3 Å². The molecule has 0 bridgehead atoms. The van der Waals surface area contributed by atoms with Crippen molar-refractivity contribution in [2.24, 2.45) is 11.8 Å². The molecule has 0 aliphatic heterocycles. The van der Waals surface area contributed by atoms with Gasteiger partial charge in [-0.15, -0.1) is 0 Å². The van der Waals surface area contributed by atoms with E-state index in [1.165, 1.54) is 25.3 Å². The molecule has 2 atom stereocenters. The van der Waals surface area contributed by atoms with Gasteiger partial charge in [0.15, 0.2) is 0 Å². The predicted octanol–water partition coefficient (Wildman–Crippen LogP) is 4.05. The first-order valence-electron chi connectivity index (χ1n) is 6.86. The largest absolute Gasteiger partial charge is 0.317 e. The molecule has 3 heteroatoms. The van der Waals surface area contributed by atoms with E-state index in [2.05, 4.69) is 12.2 Å². The summed E-state index contributed by atoms with van der Waals surface area (Å²) in [6, 6.07) is 4.97. The van der Waals surface area contributed by atoms with Crippen LogP contribution in [0.3, 0.4) is 0 Å². The molecular formula is C15H21ClFN. The minimum absolute atomic E-state index is 0.156. The van der Waals surface area contributed by atoms with Crippen molar-refractivity contribution in [2.45, 2.75) is 32.6 Å². The van der Waals surface area contributed by atoms with Crippen molar-refractivity contribution in [1.29, 1.82) is 0 Å². The van der Waals surface area contributed by atoms with Crippen LogP contribution in [0, 0.1) is 17.7 Å². The van der Waals surface area contributed by atoms with Gasteiger partial charge >= 0.3 is 0 Å². The second-order valence-electron chi connectivity index (χ2n) is 5.16. The van der Waals surface area contributed by atoms with Gasteiger partial charge in [0.1, 0.15) is 5.82 Å². The smallest absolute Gasteiger partial charge is 0.127 e.